The number of aliphatic carboxylic acids is 2. The fourth-order valence-electron chi connectivity index (χ4n) is 4.28. The first kappa shape index (κ1) is 26.6. The molecule has 1 rings (SSSR count). The molecule has 10 heteroatoms. The van der Waals surface area contributed by atoms with E-state index in [9.17, 15) is 34.5 Å². The molecule has 176 valence electrons. The standard InChI is InChI=1S/C21H34N2O8/c1-4-22(6-8-24)17(26)12-15(20(28)29)14-10-13(3)18(21(30)31)16(11-14)19(27)23(5-2)7-9-25/h14-16,24-25H,4-12H2,1-3H3,(H,28,29)(H,30,31). The number of amides is 2. The Kier molecular flexibility index (Phi) is 10.6. The van der Waals surface area contributed by atoms with Crippen molar-refractivity contribution >= 4 is 23.8 Å². The van der Waals surface area contributed by atoms with Crippen molar-refractivity contribution < 1.29 is 39.6 Å². The fourth-order valence-corrected chi connectivity index (χ4v) is 4.28. The van der Waals surface area contributed by atoms with Gasteiger partial charge in [-0.2, -0.15) is 0 Å². The van der Waals surface area contributed by atoms with Crippen molar-refractivity contribution in [3.05, 3.63) is 11.1 Å². The number of allylic oxidation sites excluding steroid dienone is 1. The van der Waals surface area contributed by atoms with E-state index >= 15 is 0 Å². The molecule has 10 nitrogen and oxygen atoms in total. The van der Waals surface area contributed by atoms with Gasteiger partial charge in [0.25, 0.3) is 0 Å². The van der Waals surface area contributed by atoms with Gasteiger partial charge in [-0.15, -0.1) is 0 Å². The second-order valence-corrected chi connectivity index (χ2v) is 7.74. The molecule has 0 radical (unpaired) electrons. The number of hydrogen-bond acceptors (Lipinski definition) is 6. The Morgan fingerprint density at radius 3 is 2.00 bits per heavy atom. The van der Waals surface area contributed by atoms with Crippen molar-refractivity contribution in [2.45, 2.75) is 40.0 Å². The molecule has 0 fully saturated rings. The van der Waals surface area contributed by atoms with Gasteiger partial charge in [0.15, 0.2) is 0 Å². The zero-order valence-electron chi connectivity index (χ0n) is 18.4. The highest BCUT2D eigenvalue weighted by Crippen LogP contribution is 2.40. The number of aliphatic hydroxyl groups is 2. The van der Waals surface area contributed by atoms with E-state index in [1.165, 1.54) is 9.80 Å². The van der Waals surface area contributed by atoms with Crippen LogP contribution in [-0.2, 0) is 19.2 Å². The number of carbonyl (C=O) groups is 4. The van der Waals surface area contributed by atoms with Crippen LogP contribution in [0.4, 0.5) is 0 Å². The van der Waals surface area contributed by atoms with E-state index in [1.54, 1.807) is 20.8 Å². The molecule has 1 aliphatic rings. The molecular weight excluding hydrogens is 408 g/mol. The first-order valence-electron chi connectivity index (χ1n) is 10.6. The third kappa shape index (κ3) is 6.76. The summed E-state index contributed by atoms with van der Waals surface area (Å²) in [5.41, 5.74) is 0.382. The van der Waals surface area contributed by atoms with Crippen LogP contribution < -0.4 is 0 Å². The maximum Gasteiger partial charge on any atom is 0.332 e. The molecule has 3 atom stereocenters. The molecule has 0 aliphatic heterocycles. The number of aliphatic hydroxyl groups excluding tert-OH is 2. The lowest BCUT2D eigenvalue weighted by Crippen LogP contribution is -2.44. The van der Waals surface area contributed by atoms with Crippen molar-refractivity contribution in [1.29, 1.82) is 0 Å². The lowest BCUT2D eigenvalue weighted by Gasteiger charge is -2.36. The zero-order valence-corrected chi connectivity index (χ0v) is 18.4. The van der Waals surface area contributed by atoms with Gasteiger partial charge >= 0.3 is 11.9 Å². The molecule has 0 spiro atoms. The Morgan fingerprint density at radius 2 is 1.55 bits per heavy atom. The lowest BCUT2D eigenvalue weighted by atomic mass is 9.70. The van der Waals surface area contributed by atoms with Gasteiger partial charge in [-0.05, 0) is 39.5 Å². The van der Waals surface area contributed by atoms with E-state index in [0.29, 0.717) is 12.1 Å². The van der Waals surface area contributed by atoms with Gasteiger partial charge in [-0.1, -0.05) is 5.57 Å². The van der Waals surface area contributed by atoms with E-state index in [4.69, 9.17) is 5.11 Å². The predicted octanol–water partition coefficient (Wildman–Crippen LogP) is 0.186. The van der Waals surface area contributed by atoms with Gasteiger partial charge < -0.3 is 30.2 Å². The van der Waals surface area contributed by atoms with E-state index < -0.39 is 41.5 Å². The minimum absolute atomic E-state index is 0.00386. The molecule has 0 bridgehead atoms. The highest BCUT2D eigenvalue weighted by Gasteiger charge is 2.42. The van der Waals surface area contributed by atoms with Crippen LogP contribution in [0.25, 0.3) is 0 Å². The summed E-state index contributed by atoms with van der Waals surface area (Å²) in [7, 11) is 0. The Balaban J connectivity index is 3.24. The number of carboxylic acid groups (broad SMARTS) is 2. The van der Waals surface area contributed by atoms with E-state index in [2.05, 4.69) is 0 Å². The Hall–Kier alpha value is -2.46. The summed E-state index contributed by atoms with van der Waals surface area (Å²) >= 11 is 0. The average molecular weight is 443 g/mol. The molecule has 0 aromatic carbocycles. The molecule has 0 aromatic heterocycles. The monoisotopic (exact) mass is 442 g/mol. The van der Waals surface area contributed by atoms with Gasteiger partial charge in [0.2, 0.25) is 11.8 Å². The SMILES string of the molecule is CCN(CCO)C(=O)CC(C(=O)O)C1CC(C)=C(C(=O)O)C(C(=O)N(CC)CCO)C1. The maximum absolute atomic E-state index is 13.0. The van der Waals surface area contributed by atoms with Crippen LogP contribution >= 0.6 is 0 Å². The summed E-state index contributed by atoms with van der Waals surface area (Å²) in [5.74, 6) is -6.01. The number of hydrogen-bond donors (Lipinski definition) is 4. The average Bonchev–Trinajstić information content (AvgIpc) is 2.72. The quantitative estimate of drug-likeness (QED) is 0.334. The minimum atomic E-state index is -1.22. The predicted molar refractivity (Wildman–Crippen MR) is 111 cm³/mol. The minimum Gasteiger partial charge on any atom is -0.481 e. The largest absolute Gasteiger partial charge is 0.481 e. The highest BCUT2D eigenvalue weighted by molar-refractivity contribution is 5.97. The van der Waals surface area contributed by atoms with Gasteiger partial charge in [-0.25, -0.2) is 4.79 Å². The first-order chi connectivity index (χ1) is 14.6. The van der Waals surface area contributed by atoms with Gasteiger partial charge in [0, 0.05) is 38.2 Å². The van der Waals surface area contributed by atoms with E-state index in [0.717, 1.165) is 0 Å². The van der Waals surface area contributed by atoms with Crippen LogP contribution in [-0.4, -0.2) is 93.4 Å². The molecule has 2 amide bonds. The molecule has 0 aromatic rings. The topological polar surface area (TPSA) is 156 Å². The third-order valence-electron chi connectivity index (χ3n) is 5.89. The van der Waals surface area contributed by atoms with Crippen LogP contribution in [0.3, 0.4) is 0 Å². The van der Waals surface area contributed by atoms with E-state index in [1.807, 2.05) is 0 Å². The Labute approximate surface area is 182 Å². The van der Waals surface area contributed by atoms with Gasteiger partial charge in [-0.3, -0.25) is 14.4 Å². The molecular formula is C21H34N2O8. The normalized spacial score (nSPS) is 19.6. The summed E-state index contributed by atoms with van der Waals surface area (Å²) in [5, 5.41) is 37.8. The summed E-state index contributed by atoms with van der Waals surface area (Å²) in [6, 6.07) is 0. The summed E-state index contributed by atoms with van der Waals surface area (Å²) in [6.07, 6.45) is -0.136. The zero-order chi connectivity index (χ0) is 23.7. The van der Waals surface area contributed by atoms with Crippen molar-refractivity contribution in [3.63, 3.8) is 0 Å². The van der Waals surface area contributed by atoms with Crippen LogP contribution in [0.2, 0.25) is 0 Å². The van der Waals surface area contributed by atoms with Crippen LogP contribution in [0.15, 0.2) is 11.1 Å². The summed E-state index contributed by atoms with van der Waals surface area (Å²) in [6.45, 7) is 5.26. The second kappa shape index (κ2) is 12.4. The van der Waals surface area contributed by atoms with Gasteiger partial charge in [0.05, 0.1) is 25.0 Å². The molecule has 4 N–H and O–H groups in total. The van der Waals surface area contributed by atoms with Crippen molar-refractivity contribution in [2.24, 2.45) is 17.8 Å². The fraction of sp³-hybridized carbons (Fsp3) is 0.714. The number of carboxylic acids is 2. The molecule has 0 saturated heterocycles. The third-order valence-corrected chi connectivity index (χ3v) is 5.89. The molecule has 0 saturated carbocycles. The number of likely N-dealkylation sites (N-methyl/N-ethyl adjacent to an activating group) is 2. The van der Waals surface area contributed by atoms with Crippen molar-refractivity contribution in [3.8, 4) is 0 Å². The smallest absolute Gasteiger partial charge is 0.332 e. The number of carbonyl (C=O) groups excluding carboxylic acids is 2. The van der Waals surface area contributed by atoms with E-state index in [-0.39, 0.29) is 57.7 Å². The van der Waals surface area contributed by atoms with Crippen molar-refractivity contribution in [1.82, 2.24) is 9.80 Å². The lowest BCUT2D eigenvalue weighted by molar-refractivity contribution is -0.149. The summed E-state index contributed by atoms with van der Waals surface area (Å²) < 4.78 is 0. The second-order valence-electron chi connectivity index (χ2n) is 7.74. The van der Waals surface area contributed by atoms with Crippen LogP contribution in [0.5, 0.6) is 0 Å². The molecule has 0 heterocycles. The number of rotatable bonds is 12. The molecule has 31 heavy (non-hydrogen) atoms. The van der Waals surface area contributed by atoms with Gasteiger partial charge in [0.1, 0.15) is 0 Å². The van der Waals surface area contributed by atoms with Crippen molar-refractivity contribution in [2.75, 3.05) is 39.4 Å². The molecule has 3 unspecified atom stereocenters. The maximum atomic E-state index is 13.0. The van der Waals surface area contributed by atoms with Crippen LogP contribution in [0.1, 0.15) is 40.0 Å². The van der Waals surface area contributed by atoms with Crippen LogP contribution in [0, 0.1) is 17.8 Å². The highest BCUT2D eigenvalue weighted by atomic mass is 16.4. The Morgan fingerprint density at radius 1 is 1.00 bits per heavy atom. The summed E-state index contributed by atoms with van der Waals surface area (Å²) in [4.78, 5) is 52.2. The Bertz CT molecular complexity index is 705. The number of nitrogens with zero attached hydrogens (tertiary/aromatic N) is 2. The molecule has 1 aliphatic carbocycles. The first-order valence-corrected chi connectivity index (χ1v) is 10.6.